The van der Waals surface area contributed by atoms with Gasteiger partial charge in [0.05, 0.1) is 10.6 Å². The highest BCUT2D eigenvalue weighted by Crippen LogP contribution is 2.24. The third-order valence-electron chi connectivity index (χ3n) is 3.83. The number of aromatic nitrogens is 1. The lowest BCUT2D eigenvalue weighted by Gasteiger charge is -2.32. The van der Waals surface area contributed by atoms with Crippen LogP contribution in [0.2, 0.25) is 5.02 Å². The Labute approximate surface area is 125 Å². The van der Waals surface area contributed by atoms with Crippen molar-refractivity contribution >= 4 is 23.3 Å². The molecule has 1 N–H and O–H groups in total. The number of piperidine rings is 1. The molecule has 1 fully saturated rings. The van der Waals surface area contributed by atoms with E-state index in [4.69, 9.17) is 11.6 Å². The monoisotopic (exact) mass is 295 g/mol. The van der Waals surface area contributed by atoms with Crippen molar-refractivity contribution in [2.75, 3.05) is 25.0 Å². The molecule has 0 spiro atoms. The number of nitrogens with zero attached hydrogens (tertiary/aromatic N) is 2. The number of pyridine rings is 1. The second-order valence-electron chi connectivity index (χ2n) is 5.25. The Balaban J connectivity index is 2.17. The van der Waals surface area contributed by atoms with Gasteiger partial charge in [-0.2, -0.15) is 0 Å². The summed E-state index contributed by atoms with van der Waals surface area (Å²) < 4.78 is 0. The van der Waals surface area contributed by atoms with Crippen molar-refractivity contribution in [1.29, 1.82) is 0 Å². The van der Waals surface area contributed by atoms with Gasteiger partial charge in [-0.1, -0.05) is 24.9 Å². The lowest BCUT2D eigenvalue weighted by atomic mass is 9.95. The van der Waals surface area contributed by atoms with Crippen LogP contribution in [0.3, 0.4) is 0 Å². The first-order valence-electron chi connectivity index (χ1n) is 7.34. The third kappa shape index (κ3) is 3.42. The average Bonchev–Trinajstić information content (AvgIpc) is 2.49. The molecule has 1 aliphatic heterocycles. The first-order valence-corrected chi connectivity index (χ1v) is 7.72. The van der Waals surface area contributed by atoms with Crippen molar-refractivity contribution in [3.05, 3.63) is 22.8 Å². The number of halogens is 1. The number of likely N-dealkylation sites (tertiary alicyclic amines) is 1. The highest BCUT2D eigenvalue weighted by Gasteiger charge is 2.25. The van der Waals surface area contributed by atoms with E-state index in [1.54, 1.807) is 12.3 Å². The van der Waals surface area contributed by atoms with Crippen LogP contribution in [-0.2, 0) is 0 Å². The molecule has 1 aliphatic rings. The minimum atomic E-state index is 0.0229. The molecule has 1 atom stereocenters. The lowest BCUT2D eigenvalue weighted by molar-refractivity contribution is 0.0671. The van der Waals surface area contributed by atoms with Crippen LogP contribution in [0.5, 0.6) is 0 Å². The smallest absolute Gasteiger partial charge is 0.255 e. The topological polar surface area (TPSA) is 45.2 Å². The van der Waals surface area contributed by atoms with Crippen LogP contribution in [-0.4, -0.2) is 35.4 Å². The Hall–Kier alpha value is -1.29. The predicted molar refractivity (Wildman–Crippen MR) is 82.3 cm³/mol. The van der Waals surface area contributed by atoms with Crippen molar-refractivity contribution in [2.45, 2.75) is 33.1 Å². The molecule has 2 heterocycles. The minimum Gasteiger partial charge on any atom is -0.370 e. The van der Waals surface area contributed by atoms with Gasteiger partial charge in [0.1, 0.15) is 5.82 Å². The maximum absolute atomic E-state index is 12.6. The SMILES string of the molecule is CCNc1cc(C(=O)N2CCCC(CC)C2)c(Cl)cn1. The molecule has 0 aromatic carbocycles. The Morgan fingerprint density at radius 1 is 1.55 bits per heavy atom. The molecule has 1 aromatic heterocycles. The minimum absolute atomic E-state index is 0.0229. The molecule has 1 amide bonds. The number of carbonyl (C=O) groups is 1. The van der Waals surface area contributed by atoms with Gasteiger partial charge in [-0.3, -0.25) is 4.79 Å². The highest BCUT2D eigenvalue weighted by atomic mass is 35.5. The van der Waals surface area contributed by atoms with E-state index in [9.17, 15) is 4.79 Å². The van der Waals surface area contributed by atoms with Crippen LogP contribution < -0.4 is 5.32 Å². The molecule has 2 rings (SSSR count). The Bertz CT molecular complexity index is 478. The van der Waals surface area contributed by atoms with Gasteiger partial charge in [0.2, 0.25) is 0 Å². The summed E-state index contributed by atoms with van der Waals surface area (Å²) in [5.41, 5.74) is 0.550. The normalized spacial score (nSPS) is 18.9. The molecule has 4 nitrogen and oxygen atoms in total. The van der Waals surface area contributed by atoms with Gasteiger partial charge in [-0.05, 0) is 31.7 Å². The largest absolute Gasteiger partial charge is 0.370 e. The molecule has 0 bridgehead atoms. The summed E-state index contributed by atoms with van der Waals surface area (Å²) in [7, 11) is 0. The van der Waals surface area contributed by atoms with Crippen LogP contribution in [0.4, 0.5) is 5.82 Å². The Morgan fingerprint density at radius 2 is 2.35 bits per heavy atom. The first kappa shape index (κ1) is 15.1. The summed E-state index contributed by atoms with van der Waals surface area (Å²) >= 11 is 6.14. The maximum Gasteiger partial charge on any atom is 0.255 e. The quantitative estimate of drug-likeness (QED) is 0.925. The second kappa shape index (κ2) is 6.93. The zero-order valence-corrected chi connectivity index (χ0v) is 12.9. The number of nitrogens with one attached hydrogen (secondary N) is 1. The zero-order valence-electron chi connectivity index (χ0n) is 12.2. The molecule has 110 valence electrons. The first-order chi connectivity index (χ1) is 9.65. The van der Waals surface area contributed by atoms with E-state index >= 15 is 0 Å². The van der Waals surface area contributed by atoms with Crippen LogP contribution in [0.15, 0.2) is 12.3 Å². The molecule has 0 aliphatic carbocycles. The fraction of sp³-hybridized carbons (Fsp3) is 0.600. The predicted octanol–water partition coefficient (Wildman–Crippen LogP) is 3.43. The van der Waals surface area contributed by atoms with Gasteiger partial charge in [0, 0.05) is 25.8 Å². The van der Waals surface area contributed by atoms with Crippen LogP contribution in [0.1, 0.15) is 43.5 Å². The highest BCUT2D eigenvalue weighted by molar-refractivity contribution is 6.33. The molecule has 0 radical (unpaired) electrons. The number of hydrogen-bond acceptors (Lipinski definition) is 3. The summed E-state index contributed by atoms with van der Waals surface area (Å²) in [6, 6.07) is 1.75. The molecular weight excluding hydrogens is 274 g/mol. The summed E-state index contributed by atoms with van der Waals surface area (Å²) in [6.07, 6.45) is 4.96. The van der Waals surface area contributed by atoms with Gasteiger partial charge in [-0.25, -0.2) is 4.98 Å². The van der Waals surface area contributed by atoms with Crippen molar-refractivity contribution in [3.8, 4) is 0 Å². The Morgan fingerprint density at radius 3 is 3.05 bits per heavy atom. The number of anilines is 1. The molecule has 1 unspecified atom stereocenters. The van der Waals surface area contributed by atoms with Gasteiger partial charge in [-0.15, -0.1) is 0 Å². The van der Waals surface area contributed by atoms with Gasteiger partial charge < -0.3 is 10.2 Å². The molecule has 5 heteroatoms. The number of amides is 1. The fourth-order valence-corrected chi connectivity index (χ4v) is 2.82. The molecule has 20 heavy (non-hydrogen) atoms. The van der Waals surface area contributed by atoms with E-state index in [1.807, 2.05) is 11.8 Å². The van der Waals surface area contributed by atoms with Crippen LogP contribution in [0, 0.1) is 5.92 Å². The summed E-state index contributed by atoms with van der Waals surface area (Å²) in [5.74, 6) is 1.33. The molecule has 0 saturated carbocycles. The van der Waals surface area contributed by atoms with E-state index in [-0.39, 0.29) is 5.91 Å². The summed E-state index contributed by atoms with van der Waals surface area (Å²) in [5, 5.41) is 3.54. The number of rotatable bonds is 4. The van der Waals surface area contributed by atoms with E-state index in [0.717, 1.165) is 32.5 Å². The van der Waals surface area contributed by atoms with E-state index in [0.29, 0.717) is 22.3 Å². The summed E-state index contributed by atoms with van der Waals surface area (Å²) in [4.78, 5) is 18.7. The maximum atomic E-state index is 12.6. The third-order valence-corrected chi connectivity index (χ3v) is 4.13. The fourth-order valence-electron chi connectivity index (χ4n) is 2.63. The van der Waals surface area contributed by atoms with Crippen molar-refractivity contribution in [3.63, 3.8) is 0 Å². The number of hydrogen-bond donors (Lipinski definition) is 1. The van der Waals surface area contributed by atoms with Crippen molar-refractivity contribution in [2.24, 2.45) is 5.92 Å². The van der Waals surface area contributed by atoms with E-state index < -0.39 is 0 Å². The van der Waals surface area contributed by atoms with Gasteiger partial charge >= 0.3 is 0 Å². The molecule has 1 aromatic rings. The number of carbonyl (C=O) groups excluding carboxylic acids is 1. The molecule has 1 saturated heterocycles. The van der Waals surface area contributed by atoms with E-state index in [2.05, 4.69) is 17.2 Å². The average molecular weight is 296 g/mol. The summed E-state index contributed by atoms with van der Waals surface area (Å²) in [6.45, 7) is 6.61. The van der Waals surface area contributed by atoms with Crippen LogP contribution >= 0.6 is 11.6 Å². The van der Waals surface area contributed by atoms with Crippen molar-refractivity contribution < 1.29 is 4.79 Å². The van der Waals surface area contributed by atoms with Gasteiger partial charge in [0.25, 0.3) is 5.91 Å². The van der Waals surface area contributed by atoms with Crippen molar-refractivity contribution in [1.82, 2.24) is 9.88 Å². The van der Waals surface area contributed by atoms with E-state index in [1.165, 1.54) is 6.42 Å². The Kier molecular flexibility index (Phi) is 5.24. The lowest BCUT2D eigenvalue weighted by Crippen LogP contribution is -2.39. The standard InChI is InChI=1S/C15H22ClN3O/c1-3-11-6-5-7-19(10-11)15(20)12-8-14(17-4-2)18-9-13(12)16/h8-9,11H,3-7,10H2,1-2H3,(H,17,18). The second-order valence-corrected chi connectivity index (χ2v) is 5.65. The van der Waals surface area contributed by atoms with Crippen LogP contribution in [0.25, 0.3) is 0 Å². The van der Waals surface area contributed by atoms with Gasteiger partial charge in [0.15, 0.2) is 0 Å². The zero-order chi connectivity index (χ0) is 14.5. The molecular formula is C15H22ClN3O.